The number of para-hydroxylation sites is 1. The lowest BCUT2D eigenvalue weighted by Crippen LogP contribution is -2.01. The van der Waals surface area contributed by atoms with Crippen molar-refractivity contribution in [3.63, 3.8) is 0 Å². The molecule has 3 rings (SSSR count). The van der Waals surface area contributed by atoms with Crippen molar-refractivity contribution in [2.45, 2.75) is 0 Å². The van der Waals surface area contributed by atoms with Crippen molar-refractivity contribution >= 4 is 17.0 Å². The molecule has 5 nitrogen and oxygen atoms in total. The number of rotatable bonds is 2. The standard InChI is InChI=1S/C13H9N3O2/c17-13(18)12-11-10(7-4-8-14-11)16(15-12)9-5-2-1-3-6-9/h1-8H,(H,17,18). The van der Waals surface area contributed by atoms with Gasteiger partial charge in [-0.05, 0) is 24.3 Å². The van der Waals surface area contributed by atoms with Crippen LogP contribution in [0, 0.1) is 0 Å². The quantitative estimate of drug-likeness (QED) is 0.743. The Morgan fingerprint density at radius 1 is 1.11 bits per heavy atom. The van der Waals surface area contributed by atoms with Gasteiger partial charge in [-0.15, -0.1) is 0 Å². The van der Waals surface area contributed by atoms with E-state index >= 15 is 0 Å². The number of carboxylic acids is 1. The number of fused-ring (bicyclic) bond motifs is 1. The van der Waals surface area contributed by atoms with Gasteiger partial charge in [-0.1, -0.05) is 18.2 Å². The molecule has 2 heterocycles. The molecule has 0 aliphatic carbocycles. The Balaban J connectivity index is 2.34. The molecule has 0 amide bonds. The molecule has 0 aliphatic heterocycles. The summed E-state index contributed by atoms with van der Waals surface area (Å²) in [7, 11) is 0. The highest BCUT2D eigenvalue weighted by atomic mass is 16.4. The van der Waals surface area contributed by atoms with E-state index in [-0.39, 0.29) is 5.69 Å². The van der Waals surface area contributed by atoms with Crippen molar-refractivity contribution in [1.82, 2.24) is 14.8 Å². The summed E-state index contributed by atoms with van der Waals surface area (Å²) in [5.74, 6) is -1.08. The van der Waals surface area contributed by atoms with E-state index in [0.29, 0.717) is 11.0 Å². The fourth-order valence-electron chi connectivity index (χ4n) is 1.86. The predicted molar refractivity (Wildman–Crippen MR) is 65.8 cm³/mol. The van der Waals surface area contributed by atoms with Crippen LogP contribution in [0.4, 0.5) is 0 Å². The molecule has 3 aromatic rings. The summed E-state index contributed by atoms with van der Waals surface area (Å²) in [5.41, 5.74) is 1.85. The van der Waals surface area contributed by atoms with Crippen LogP contribution in [0.5, 0.6) is 0 Å². The molecule has 0 bridgehead atoms. The fourth-order valence-corrected chi connectivity index (χ4v) is 1.86. The van der Waals surface area contributed by atoms with E-state index in [1.807, 2.05) is 30.3 Å². The van der Waals surface area contributed by atoms with Gasteiger partial charge in [0.1, 0.15) is 5.52 Å². The number of aromatic carboxylic acids is 1. The third-order valence-electron chi connectivity index (χ3n) is 2.64. The van der Waals surface area contributed by atoms with E-state index in [0.717, 1.165) is 5.69 Å². The van der Waals surface area contributed by atoms with E-state index in [1.165, 1.54) is 0 Å². The molecule has 0 atom stereocenters. The van der Waals surface area contributed by atoms with Crippen LogP contribution in [0.2, 0.25) is 0 Å². The molecule has 1 N–H and O–H groups in total. The molecule has 18 heavy (non-hydrogen) atoms. The Kier molecular flexibility index (Phi) is 2.30. The molecule has 0 radical (unpaired) electrons. The predicted octanol–water partition coefficient (Wildman–Crippen LogP) is 2.12. The number of aromatic nitrogens is 3. The molecule has 0 spiro atoms. The van der Waals surface area contributed by atoms with Gasteiger partial charge in [0.05, 0.1) is 11.2 Å². The average Bonchev–Trinajstić information content (AvgIpc) is 2.79. The first-order valence-corrected chi connectivity index (χ1v) is 5.40. The van der Waals surface area contributed by atoms with Crippen molar-refractivity contribution in [1.29, 1.82) is 0 Å². The molecule has 1 aromatic carbocycles. The Morgan fingerprint density at radius 2 is 1.89 bits per heavy atom. The molecule has 0 saturated heterocycles. The summed E-state index contributed by atoms with van der Waals surface area (Å²) in [6.07, 6.45) is 1.56. The minimum Gasteiger partial charge on any atom is -0.476 e. The number of nitrogens with zero attached hydrogens (tertiary/aromatic N) is 3. The van der Waals surface area contributed by atoms with Crippen LogP contribution in [0.15, 0.2) is 48.7 Å². The maximum absolute atomic E-state index is 11.1. The summed E-state index contributed by atoms with van der Waals surface area (Å²) in [4.78, 5) is 15.2. The van der Waals surface area contributed by atoms with Crippen LogP contribution in [0.25, 0.3) is 16.7 Å². The molecular weight excluding hydrogens is 230 g/mol. The molecule has 0 saturated carbocycles. The second kappa shape index (κ2) is 3.96. The van der Waals surface area contributed by atoms with E-state index in [9.17, 15) is 4.79 Å². The highest BCUT2D eigenvalue weighted by Gasteiger charge is 2.17. The van der Waals surface area contributed by atoms with Gasteiger partial charge < -0.3 is 5.11 Å². The van der Waals surface area contributed by atoms with Crippen molar-refractivity contribution in [2.75, 3.05) is 0 Å². The average molecular weight is 239 g/mol. The maximum atomic E-state index is 11.1. The zero-order valence-electron chi connectivity index (χ0n) is 9.32. The summed E-state index contributed by atoms with van der Waals surface area (Å²) in [6, 6.07) is 12.9. The topological polar surface area (TPSA) is 68.0 Å². The highest BCUT2D eigenvalue weighted by molar-refractivity contribution is 5.99. The molecule has 0 fully saturated rings. The number of hydrogen-bond donors (Lipinski definition) is 1. The molecule has 0 aliphatic rings. The van der Waals surface area contributed by atoms with Gasteiger partial charge in [0, 0.05) is 6.20 Å². The van der Waals surface area contributed by atoms with Gasteiger partial charge in [0.2, 0.25) is 0 Å². The lowest BCUT2D eigenvalue weighted by molar-refractivity contribution is 0.0692. The molecular formula is C13H9N3O2. The van der Waals surface area contributed by atoms with Crippen LogP contribution in [-0.2, 0) is 0 Å². The summed E-state index contributed by atoms with van der Waals surface area (Å²) in [6.45, 7) is 0. The lowest BCUT2D eigenvalue weighted by Gasteiger charge is -2.01. The first kappa shape index (κ1) is 10.5. The summed E-state index contributed by atoms with van der Waals surface area (Å²) >= 11 is 0. The smallest absolute Gasteiger partial charge is 0.358 e. The maximum Gasteiger partial charge on any atom is 0.358 e. The first-order chi connectivity index (χ1) is 8.77. The Labute approximate surface area is 102 Å². The molecule has 0 unspecified atom stereocenters. The Hall–Kier alpha value is -2.69. The summed E-state index contributed by atoms with van der Waals surface area (Å²) < 4.78 is 1.59. The SMILES string of the molecule is O=C(O)c1nn(-c2ccccc2)c2cccnc12. The van der Waals surface area contributed by atoms with Gasteiger partial charge >= 0.3 is 5.97 Å². The van der Waals surface area contributed by atoms with E-state index in [2.05, 4.69) is 10.1 Å². The van der Waals surface area contributed by atoms with Crippen LogP contribution >= 0.6 is 0 Å². The lowest BCUT2D eigenvalue weighted by atomic mass is 10.3. The van der Waals surface area contributed by atoms with Gasteiger partial charge in [-0.2, -0.15) is 5.10 Å². The number of carboxylic acid groups (broad SMARTS) is 1. The van der Waals surface area contributed by atoms with Crippen LogP contribution in [0.3, 0.4) is 0 Å². The van der Waals surface area contributed by atoms with Gasteiger partial charge in [-0.25, -0.2) is 9.48 Å². The fraction of sp³-hybridized carbons (Fsp3) is 0. The third-order valence-corrected chi connectivity index (χ3v) is 2.64. The molecule has 5 heteroatoms. The zero-order valence-corrected chi connectivity index (χ0v) is 9.32. The van der Waals surface area contributed by atoms with E-state index in [1.54, 1.807) is 23.0 Å². The largest absolute Gasteiger partial charge is 0.476 e. The number of pyridine rings is 1. The minimum absolute atomic E-state index is 0.0329. The number of benzene rings is 1. The van der Waals surface area contributed by atoms with Crippen molar-refractivity contribution < 1.29 is 9.90 Å². The van der Waals surface area contributed by atoms with Crippen LogP contribution < -0.4 is 0 Å². The van der Waals surface area contributed by atoms with E-state index < -0.39 is 5.97 Å². The number of hydrogen-bond acceptors (Lipinski definition) is 3. The number of carbonyl (C=O) groups is 1. The first-order valence-electron chi connectivity index (χ1n) is 5.40. The minimum atomic E-state index is -1.08. The molecule has 88 valence electrons. The van der Waals surface area contributed by atoms with Crippen molar-refractivity contribution in [3.8, 4) is 5.69 Å². The van der Waals surface area contributed by atoms with Crippen molar-refractivity contribution in [2.24, 2.45) is 0 Å². The van der Waals surface area contributed by atoms with Crippen molar-refractivity contribution in [3.05, 3.63) is 54.4 Å². The van der Waals surface area contributed by atoms with Gasteiger partial charge in [0.15, 0.2) is 5.69 Å². The normalized spacial score (nSPS) is 10.7. The second-order valence-corrected chi connectivity index (χ2v) is 3.77. The highest BCUT2D eigenvalue weighted by Crippen LogP contribution is 2.19. The zero-order chi connectivity index (χ0) is 12.5. The van der Waals surface area contributed by atoms with Crippen LogP contribution in [0.1, 0.15) is 10.5 Å². The molecule has 2 aromatic heterocycles. The van der Waals surface area contributed by atoms with Gasteiger partial charge in [-0.3, -0.25) is 4.98 Å². The van der Waals surface area contributed by atoms with E-state index in [4.69, 9.17) is 5.11 Å². The Morgan fingerprint density at radius 3 is 2.61 bits per heavy atom. The van der Waals surface area contributed by atoms with Crippen LogP contribution in [-0.4, -0.2) is 25.8 Å². The summed E-state index contributed by atoms with van der Waals surface area (Å²) in [5, 5.41) is 13.2. The second-order valence-electron chi connectivity index (χ2n) is 3.77. The monoisotopic (exact) mass is 239 g/mol. The van der Waals surface area contributed by atoms with Gasteiger partial charge in [0.25, 0.3) is 0 Å². The third kappa shape index (κ3) is 1.53. The Bertz CT molecular complexity index is 719.